The maximum atomic E-state index is 9.08. The zero-order valence-electron chi connectivity index (χ0n) is 8.44. The second kappa shape index (κ2) is 1.71. The number of rotatable bonds is 1. The molecule has 1 nitrogen and oxygen atoms in total. The van der Waals surface area contributed by atoms with Gasteiger partial charge in [-0.2, -0.15) is 5.26 Å². The molecule has 0 bridgehead atoms. The van der Waals surface area contributed by atoms with Crippen LogP contribution in [0.3, 0.4) is 0 Å². The quantitative estimate of drug-likeness (QED) is 0.583. The van der Waals surface area contributed by atoms with Crippen molar-refractivity contribution in [1.82, 2.24) is 0 Å². The highest BCUT2D eigenvalue weighted by atomic mass is 14.8. The molecule has 0 saturated heterocycles. The van der Waals surface area contributed by atoms with Crippen LogP contribution in [0.25, 0.3) is 0 Å². The highest BCUT2D eigenvalue weighted by molar-refractivity contribution is 5.28. The van der Waals surface area contributed by atoms with E-state index >= 15 is 0 Å². The summed E-state index contributed by atoms with van der Waals surface area (Å²) in [6, 6.07) is 2.53. The average molecular weight is 163 g/mol. The molecule has 2 aliphatic rings. The lowest BCUT2D eigenvalue weighted by atomic mass is 9.95. The van der Waals surface area contributed by atoms with E-state index in [-0.39, 0.29) is 5.41 Å². The van der Waals surface area contributed by atoms with Crippen LogP contribution in [0.4, 0.5) is 0 Å². The molecule has 0 heterocycles. The van der Waals surface area contributed by atoms with Crippen LogP contribution in [0.1, 0.15) is 40.5 Å². The molecule has 2 aliphatic carbocycles. The third kappa shape index (κ3) is 0.648. The van der Waals surface area contributed by atoms with Crippen LogP contribution in [0.2, 0.25) is 0 Å². The lowest BCUT2D eigenvalue weighted by Gasteiger charge is -2.06. The minimum absolute atomic E-state index is 0.0764. The topological polar surface area (TPSA) is 23.8 Å². The molecule has 0 N–H and O–H groups in total. The van der Waals surface area contributed by atoms with E-state index in [0.717, 1.165) is 12.8 Å². The van der Waals surface area contributed by atoms with Crippen molar-refractivity contribution >= 4 is 0 Å². The summed E-state index contributed by atoms with van der Waals surface area (Å²) in [4.78, 5) is 0. The van der Waals surface area contributed by atoms with E-state index in [1.54, 1.807) is 0 Å². The van der Waals surface area contributed by atoms with Gasteiger partial charge in [-0.25, -0.2) is 0 Å². The number of nitrogens with zero attached hydrogens (tertiary/aromatic N) is 1. The number of hydrogen-bond acceptors (Lipinski definition) is 1. The Hall–Kier alpha value is -0.510. The smallest absolute Gasteiger partial charge is 0.0693 e. The van der Waals surface area contributed by atoms with E-state index < -0.39 is 0 Å². The Morgan fingerprint density at radius 2 is 1.50 bits per heavy atom. The van der Waals surface area contributed by atoms with Crippen LogP contribution >= 0.6 is 0 Å². The van der Waals surface area contributed by atoms with Gasteiger partial charge in [0.05, 0.1) is 11.5 Å². The molecule has 0 aromatic carbocycles. The van der Waals surface area contributed by atoms with Gasteiger partial charge in [-0.3, -0.25) is 0 Å². The van der Waals surface area contributed by atoms with E-state index in [9.17, 15) is 0 Å². The first-order valence-corrected chi connectivity index (χ1v) is 4.80. The SMILES string of the molecule is CC1(C)C(C2(C#N)CC2)C1(C)C. The van der Waals surface area contributed by atoms with Gasteiger partial charge >= 0.3 is 0 Å². The van der Waals surface area contributed by atoms with Crippen molar-refractivity contribution in [3.05, 3.63) is 0 Å². The van der Waals surface area contributed by atoms with Crippen molar-refractivity contribution in [2.24, 2.45) is 22.2 Å². The summed E-state index contributed by atoms with van der Waals surface area (Å²) in [6.07, 6.45) is 2.28. The summed E-state index contributed by atoms with van der Waals surface area (Å²) in [5, 5.41) is 9.08. The molecule has 0 amide bonds. The second-order valence-electron chi connectivity index (χ2n) is 5.64. The Morgan fingerprint density at radius 3 is 1.58 bits per heavy atom. The third-order valence-corrected chi connectivity index (χ3v) is 4.58. The van der Waals surface area contributed by atoms with Gasteiger partial charge < -0.3 is 0 Å². The molecule has 1 heteroatoms. The van der Waals surface area contributed by atoms with Gasteiger partial charge in [0.15, 0.2) is 0 Å². The molecule has 0 aromatic heterocycles. The fourth-order valence-electron chi connectivity index (χ4n) is 3.18. The summed E-state index contributed by atoms with van der Waals surface area (Å²) in [5.41, 5.74) is 0.853. The zero-order chi connectivity index (χ0) is 9.20. The van der Waals surface area contributed by atoms with Crippen LogP contribution in [0.5, 0.6) is 0 Å². The van der Waals surface area contributed by atoms with Gasteiger partial charge in [-0.05, 0) is 29.6 Å². The molecule has 12 heavy (non-hydrogen) atoms. The fourth-order valence-corrected chi connectivity index (χ4v) is 3.18. The maximum absolute atomic E-state index is 9.08. The van der Waals surface area contributed by atoms with Crippen molar-refractivity contribution < 1.29 is 0 Å². The van der Waals surface area contributed by atoms with Crippen molar-refractivity contribution in [3.8, 4) is 6.07 Å². The summed E-state index contributed by atoms with van der Waals surface area (Å²) >= 11 is 0. The first kappa shape index (κ1) is 8.10. The number of nitriles is 1. The minimum Gasteiger partial charge on any atom is -0.198 e. The molecule has 0 aromatic rings. The van der Waals surface area contributed by atoms with E-state index in [0.29, 0.717) is 16.7 Å². The zero-order valence-corrected chi connectivity index (χ0v) is 8.44. The first-order chi connectivity index (χ1) is 5.38. The minimum atomic E-state index is 0.0764. The summed E-state index contributed by atoms with van der Waals surface area (Å²) in [5.74, 6) is 0.641. The van der Waals surface area contributed by atoms with Gasteiger partial charge in [0.1, 0.15) is 0 Å². The van der Waals surface area contributed by atoms with Crippen molar-refractivity contribution in [3.63, 3.8) is 0 Å². The maximum Gasteiger partial charge on any atom is 0.0693 e. The van der Waals surface area contributed by atoms with Crippen molar-refractivity contribution in [1.29, 1.82) is 5.26 Å². The lowest BCUT2D eigenvalue weighted by Crippen LogP contribution is -2.05. The van der Waals surface area contributed by atoms with E-state index in [4.69, 9.17) is 5.26 Å². The molecular formula is C11H17N. The van der Waals surface area contributed by atoms with E-state index in [1.165, 1.54) is 0 Å². The Balaban J connectivity index is 2.27. The van der Waals surface area contributed by atoms with Crippen LogP contribution < -0.4 is 0 Å². The van der Waals surface area contributed by atoms with E-state index in [2.05, 4.69) is 33.8 Å². The largest absolute Gasteiger partial charge is 0.198 e. The predicted octanol–water partition coefficient (Wildman–Crippen LogP) is 2.97. The summed E-state index contributed by atoms with van der Waals surface area (Å²) < 4.78 is 0. The molecule has 2 fully saturated rings. The Labute approximate surface area is 74.8 Å². The monoisotopic (exact) mass is 163 g/mol. The van der Waals surface area contributed by atoms with Gasteiger partial charge in [-0.1, -0.05) is 27.7 Å². The Bertz CT molecular complexity index is 249. The van der Waals surface area contributed by atoms with E-state index in [1.807, 2.05) is 0 Å². The van der Waals surface area contributed by atoms with Crippen molar-refractivity contribution in [2.75, 3.05) is 0 Å². The molecule has 2 saturated carbocycles. The Morgan fingerprint density at radius 1 is 1.08 bits per heavy atom. The average Bonchev–Trinajstić information content (AvgIpc) is 2.75. The highest BCUT2D eigenvalue weighted by Crippen LogP contribution is 2.79. The third-order valence-electron chi connectivity index (χ3n) is 4.58. The standard InChI is InChI=1S/C11H17N/c1-9(2)8(10(9,3)4)11(7-12)5-6-11/h8H,5-6H2,1-4H3. The molecule has 0 spiro atoms. The van der Waals surface area contributed by atoms with Gasteiger partial charge in [0.25, 0.3) is 0 Å². The summed E-state index contributed by atoms with van der Waals surface area (Å²) in [7, 11) is 0. The van der Waals surface area contributed by atoms with Gasteiger partial charge in [0, 0.05) is 0 Å². The summed E-state index contributed by atoms with van der Waals surface area (Å²) in [6.45, 7) is 9.20. The molecule has 66 valence electrons. The molecule has 0 unspecified atom stereocenters. The first-order valence-electron chi connectivity index (χ1n) is 4.80. The lowest BCUT2D eigenvalue weighted by molar-refractivity contribution is 0.451. The van der Waals surface area contributed by atoms with Crippen molar-refractivity contribution in [2.45, 2.75) is 40.5 Å². The number of hydrogen-bond donors (Lipinski definition) is 0. The molecule has 2 rings (SSSR count). The van der Waals surface area contributed by atoms with Crippen LogP contribution in [-0.4, -0.2) is 0 Å². The second-order valence-corrected chi connectivity index (χ2v) is 5.64. The molecular weight excluding hydrogens is 146 g/mol. The van der Waals surface area contributed by atoms with Gasteiger partial charge in [0.2, 0.25) is 0 Å². The fraction of sp³-hybridized carbons (Fsp3) is 0.909. The van der Waals surface area contributed by atoms with Crippen LogP contribution in [0.15, 0.2) is 0 Å². The Kier molecular flexibility index (Phi) is 1.16. The molecule has 0 radical (unpaired) electrons. The van der Waals surface area contributed by atoms with Gasteiger partial charge in [-0.15, -0.1) is 0 Å². The van der Waals surface area contributed by atoms with Crippen LogP contribution in [0, 0.1) is 33.5 Å². The molecule has 0 aliphatic heterocycles. The van der Waals surface area contributed by atoms with Crippen LogP contribution in [-0.2, 0) is 0 Å². The normalized spacial score (nSPS) is 33.9. The molecule has 0 atom stereocenters. The highest BCUT2D eigenvalue weighted by Gasteiger charge is 2.75. The predicted molar refractivity (Wildman–Crippen MR) is 48.3 cm³/mol.